The molecule has 2 fully saturated rings. The van der Waals surface area contributed by atoms with E-state index in [-0.39, 0.29) is 29.5 Å². The Bertz CT molecular complexity index is 552. The summed E-state index contributed by atoms with van der Waals surface area (Å²) in [5.74, 6) is 0.838. The van der Waals surface area contributed by atoms with E-state index in [4.69, 9.17) is 4.74 Å². The molecule has 25 heavy (non-hydrogen) atoms. The molecule has 3 aliphatic carbocycles. The summed E-state index contributed by atoms with van der Waals surface area (Å²) in [7, 11) is 0. The summed E-state index contributed by atoms with van der Waals surface area (Å²) in [6, 6.07) is 0. The van der Waals surface area contributed by atoms with Crippen molar-refractivity contribution in [2.45, 2.75) is 71.1 Å². The number of ether oxygens (including phenoxy) is 1. The molecule has 3 aliphatic rings. The summed E-state index contributed by atoms with van der Waals surface area (Å²) < 4.78 is 5.22. The summed E-state index contributed by atoms with van der Waals surface area (Å²) >= 11 is 0. The predicted molar refractivity (Wildman–Crippen MR) is 99.0 cm³/mol. The summed E-state index contributed by atoms with van der Waals surface area (Å²) in [4.78, 5) is 25.2. The molecule has 138 valence electrons. The molecule has 3 rings (SSSR count). The molecule has 0 radical (unpaired) electrons. The molecule has 0 aromatic rings. The van der Waals surface area contributed by atoms with Crippen LogP contribution in [0.4, 0.5) is 0 Å². The Labute approximate surface area is 151 Å². The first-order valence-corrected chi connectivity index (χ1v) is 10.2. The lowest BCUT2D eigenvalue weighted by molar-refractivity contribution is -0.148. The lowest BCUT2D eigenvalue weighted by Crippen LogP contribution is -2.28. The first-order valence-electron chi connectivity index (χ1n) is 10.2. The van der Waals surface area contributed by atoms with Crippen LogP contribution in [-0.4, -0.2) is 18.4 Å². The van der Waals surface area contributed by atoms with Crippen LogP contribution in [0.15, 0.2) is 23.8 Å². The van der Waals surface area contributed by atoms with Crippen LogP contribution in [0.1, 0.15) is 71.1 Å². The second-order valence-corrected chi connectivity index (χ2v) is 8.13. The second-order valence-electron chi connectivity index (χ2n) is 8.13. The van der Waals surface area contributed by atoms with Gasteiger partial charge in [-0.3, -0.25) is 9.59 Å². The van der Waals surface area contributed by atoms with Gasteiger partial charge in [0.2, 0.25) is 0 Å². The fourth-order valence-corrected chi connectivity index (χ4v) is 5.07. The molecule has 2 saturated carbocycles. The lowest BCUT2D eigenvalue weighted by Gasteiger charge is -2.32. The van der Waals surface area contributed by atoms with E-state index in [2.05, 4.69) is 12.7 Å². The highest BCUT2D eigenvalue weighted by Gasteiger charge is 2.40. The van der Waals surface area contributed by atoms with Crippen molar-refractivity contribution in [1.29, 1.82) is 0 Å². The number of hydrogen-bond acceptors (Lipinski definition) is 3. The molecule has 0 aromatic heterocycles. The molecule has 0 aromatic carbocycles. The van der Waals surface area contributed by atoms with E-state index in [0.29, 0.717) is 24.5 Å². The normalized spacial score (nSPS) is 31.6. The van der Waals surface area contributed by atoms with Crippen molar-refractivity contribution in [3.63, 3.8) is 0 Å². The molecule has 0 N–H and O–H groups in total. The fraction of sp³-hybridized carbons (Fsp3) is 0.727. The van der Waals surface area contributed by atoms with Crippen LogP contribution in [0.25, 0.3) is 0 Å². The minimum Gasteiger partial charge on any atom is -0.466 e. The maximum absolute atomic E-state index is 12.9. The van der Waals surface area contributed by atoms with Gasteiger partial charge in [0.1, 0.15) is 0 Å². The maximum Gasteiger partial charge on any atom is 0.309 e. The second kappa shape index (κ2) is 8.33. The summed E-state index contributed by atoms with van der Waals surface area (Å²) in [6.07, 6.45) is 13.4. The van der Waals surface area contributed by atoms with E-state index < -0.39 is 0 Å². The van der Waals surface area contributed by atoms with Gasteiger partial charge in [0.05, 0.1) is 12.5 Å². The standard InChI is InChI=1S/C22H32O3/c1-3-25-22(24)19-12-15(2)21(23)20-14-17(10-11-18(20)13-19)16-8-6-4-5-7-9-16/h10,16,18-20H,2-9,11-14H2,1H3. The van der Waals surface area contributed by atoms with Gasteiger partial charge in [0.25, 0.3) is 0 Å². The van der Waals surface area contributed by atoms with Crippen molar-refractivity contribution >= 4 is 11.8 Å². The molecule has 3 nitrogen and oxygen atoms in total. The van der Waals surface area contributed by atoms with Crippen LogP contribution in [0.2, 0.25) is 0 Å². The number of carbonyl (C=O) groups excluding carboxylic acids is 2. The average molecular weight is 344 g/mol. The molecule has 0 bridgehead atoms. The van der Waals surface area contributed by atoms with Crippen molar-refractivity contribution in [2.24, 2.45) is 23.7 Å². The first kappa shape index (κ1) is 18.4. The number of esters is 1. The van der Waals surface area contributed by atoms with Crippen molar-refractivity contribution in [2.75, 3.05) is 6.61 Å². The molecule has 3 heteroatoms. The van der Waals surface area contributed by atoms with Crippen LogP contribution in [-0.2, 0) is 14.3 Å². The Kier molecular flexibility index (Phi) is 6.14. The fourth-order valence-electron chi connectivity index (χ4n) is 5.07. The van der Waals surface area contributed by atoms with Crippen LogP contribution in [0.5, 0.6) is 0 Å². The van der Waals surface area contributed by atoms with Crippen molar-refractivity contribution in [3.8, 4) is 0 Å². The van der Waals surface area contributed by atoms with Gasteiger partial charge in [-0.05, 0) is 62.9 Å². The third-order valence-corrected chi connectivity index (χ3v) is 6.47. The van der Waals surface area contributed by atoms with Gasteiger partial charge in [-0.2, -0.15) is 0 Å². The molecule has 0 saturated heterocycles. The zero-order valence-corrected chi connectivity index (χ0v) is 15.6. The van der Waals surface area contributed by atoms with Gasteiger partial charge in [0.15, 0.2) is 5.78 Å². The van der Waals surface area contributed by atoms with Crippen molar-refractivity contribution in [3.05, 3.63) is 23.8 Å². The Morgan fingerprint density at radius 3 is 2.60 bits per heavy atom. The van der Waals surface area contributed by atoms with Gasteiger partial charge >= 0.3 is 5.97 Å². The number of Topliss-reactive ketones (excluding diaryl/α,β-unsaturated/α-hetero) is 1. The number of allylic oxidation sites excluding steroid dienone is 3. The highest BCUT2D eigenvalue weighted by Crippen LogP contribution is 2.44. The minimum atomic E-state index is -0.195. The van der Waals surface area contributed by atoms with Gasteiger partial charge < -0.3 is 4.74 Å². The van der Waals surface area contributed by atoms with E-state index in [1.165, 1.54) is 44.1 Å². The average Bonchev–Trinajstić information content (AvgIpc) is 2.95. The van der Waals surface area contributed by atoms with E-state index in [0.717, 1.165) is 19.3 Å². The third kappa shape index (κ3) is 4.24. The Morgan fingerprint density at radius 1 is 1.20 bits per heavy atom. The number of fused-ring (bicyclic) bond motifs is 1. The summed E-state index contributed by atoms with van der Waals surface area (Å²) in [5.41, 5.74) is 2.14. The number of ketones is 1. The Hall–Kier alpha value is -1.38. The maximum atomic E-state index is 12.9. The molecule has 0 heterocycles. The molecule has 0 aliphatic heterocycles. The van der Waals surface area contributed by atoms with Crippen LogP contribution in [0, 0.1) is 23.7 Å². The monoisotopic (exact) mass is 344 g/mol. The molecule has 3 unspecified atom stereocenters. The van der Waals surface area contributed by atoms with E-state index in [1.807, 2.05) is 6.92 Å². The molecule has 3 atom stereocenters. The largest absolute Gasteiger partial charge is 0.466 e. The molecule has 0 spiro atoms. The highest BCUT2D eigenvalue weighted by atomic mass is 16.5. The van der Waals surface area contributed by atoms with Crippen molar-refractivity contribution in [1.82, 2.24) is 0 Å². The number of rotatable bonds is 3. The third-order valence-electron chi connectivity index (χ3n) is 6.47. The van der Waals surface area contributed by atoms with Crippen LogP contribution >= 0.6 is 0 Å². The Morgan fingerprint density at radius 2 is 1.92 bits per heavy atom. The topological polar surface area (TPSA) is 43.4 Å². The minimum absolute atomic E-state index is 0.0372. The zero-order chi connectivity index (χ0) is 17.8. The lowest BCUT2D eigenvalue weighted by atomic mass is 9.71. The SMILES string of the molecule is C=C1CC(C(=O)OCC)CC2CC=C(C3CCCCCC3)CC2C1=O. The van der Waals surface area contributed by atoms with Gasteiger partial charge in [-0.15, -0.1) is 0 Å². The smallest absolute Gasteiger partial charge is 0.309 e. The summed E-state index contributed by atoms with van der Waals surface area (Å²) in [6.45, 7) is 6.25. The van der Waals surface area contributed by atoms with Crippen molar-refractivity contribution < 1.29 is 14.3 Å². The quantitative estimate of drug-likeness (QED) is 0.313. The van der Waals surface area contributed by atoms with Gasteiger partial charge in [0, 0.05) is 5.92 Å². The molecular weight excluding hydrogens is 312 g/mol. The number of carbonyl (C=O) groups is 2. The number of hydrogen-bond donors (Lipinski definition) is 0. The molecule has 0 amide bonds. The van der Waals surface area contributed by atoms with E-state index in [1.54, 1.807) is 0 Å². The molecular formula is C22H32O3. The first-order chi connectivity index (χ1) is 12.1. The summed E-state index contributed by atoms with van der Waals surface area (Å²) in [5, 5.41) is 0. The predicted octanol–water partition coefficient (Wildman–Crippen LogP) is 5.01. The van der Waals surface area contributed by atoms with E-state index in [9.17, 15) is 9.59 Å². The Balaban J connectivity index is 1.75. The van der Waals surface area contributed by atoms with Crippen LogP contribution in [0.3, 0.4) is 0 Å². The van der Waals surface area contributed by atoms with Gasteiger partial charge in [-0.1, -0.05) is 43.9 Å². The zero-order valence-electron chi connectivity index (χ0n) is 15.6. The van der Waals surface area contributed by atoms with E-state index >= 15 is 0 Å². The highest BCUT2D eigenvalue weighted by molar-refractivity contribution is 5.98. The van der Waals surface area contributed by atoms with Crippen LogP contribution < -0.4 is 0 Å². The van der Waals surface area contributed by atoms with Gasteiger partial charge in [-0.25, -0.2) is 0 Å².